The summed E-state index contributed by atoms with van der Waals surface area (Å²) in [5.74, 6) is 1.27. The molecule has 1 aliphatic carbocycles. The van der Waals surface area contributed by atoms with E-state index in [2.05, 4.69) is 9.97 Å². The molecule has 1 amide bonds. The Bertz CT molecular complexity index is 1040. The highest BCUT2D eigenvalue weighted by atomic mass is 35.5. The molecule has 0 radical (unpaired) electrons. The maximum absolute atomic E-state index is 12.9. The summed E-state index contributed by atoms with van der Waals surface area (Å²) in [5, 5.41) is 1.27. The van der Waals surface area contributed by atoms with Crippen LogP contribution in [0.1, 0.15) is 43.0 Å². The van der Waals surface area contributed by atoms with Gasteiger partial charge in [-0.1, -0.05) is 23.4 Å². The van der Waals surface area contributed by atoms with Gasteiger partial charge >= 0.3 is 0 Å². The van der Waals surface area contributed by atoms with Crippen LogP contribution in [0.15, 0.2) is 28.3 Å². The first-order valence-corrected chi connectivity index (χ1v) is 11.8. The van der Waals surface area contributed by atoms with Gasteiger partial charge in [-0.15, -0.1) is 0 Å². The van der Waals surface area contributed by atoms with Crippen LogP contribution in [0.2, 0.25) is 5.02 Å². The predicted octanol–water partition coefficient (Wildman–Crippen LogP) is 2.89. The van der Waals surface area contributed by atoms with Crippen molar-refractivity contribution in [3.05, 3.63) is 45.0 Å². The molecule has 0 aromatic carbocycles. The number of aromatic nitrogens is 3. The predicted molar refractivity (Wildman–Crippen MR) is 114 cm³/mol. The molecule has 0 saturated carbocycles. The number of carbonyl (C=O) groups is 1. The van der Waals surface area contributed by atoms with Gasteiger partial charge in [-0.3, -0.25) is 14.2 Å². The molecule has 1 fully saturated rings. The maximum atomic E-state index is 12.9. The molecule has 0 N–H and O–H groups in total. The topological polar surface area (TPSA) is 77.3 Å². The summed E-state index contributed by atoms with van der Waals surface area (Å²) in [6, 6.07) is 3.42. The minimum atomic E-state index is -0.107. The molecule has 0 spiro atoms. The number of aryl methyl sites for hydroxylation is 1. The van der Waals surface area contributed by atoms with Crippen LogP contribution in [0.3, 0.4) is 0 Å². The van der Waals surface area contributed by atoms with Crippen molar-refractivity contribution in [2.75, 3.05) is 18.8 Å². The van der Waals surface area contributed by atoms with Gasteiger partial charge in [0.2, 0.25) is 11.8 Å². The SMILES string of the molecule is O=C(C[C@H]1CSc2nc3c(c(=O)n21)CCC3)N1CCC(Oc2ncccc2Cl)CC1. The summed E-state index contributed by atoms with van der Waals surface area (Å²) in [6.45, 7) is 1.27. The molecule has 3 aliphatic rings. The average molecular weight is 447 g/mol. The molecular weight excluding hydrogens is 424 g/mol. The van der Waals surface area contributed by atoms with E-state index < -0.39 is 0 Å². The molecule has 4 heterocycles. The van der Waals surface area contributed by atoms with Crippen molar-refractivity contribution in [3.8, 4) is 5.88 Å². The van der Waals surface area contributed by atoms with Crippen LogP contribution in [-0.2, 0) is 17.6 Å². The fourth-order valence-electron chi connectivity index (χ4n) is 4.47. The summed E-state index contributed by atoms with van der Waals surface area (Å²) in [6.07, 6.45) is 6.17. The van der Waals surface area contributed by atoms with Crippen molar-refractivity contribution in [1.82, 2.24) is 19.4 Å². The van der Waals surface area contributed by atoms with Crippen LogP contribution in [0.4, 0.5) is 0 Å². The molecule has 30 heavy (non-hydrogen) atoms. The van der Waals surface area contributed by atoms with E-state index in [-0.39, 0.29) is 23.6 Å². The fraction of sp³-hybridized carbons (Fsp3) is 0.524. The zero-order valence-corrected chi connectivity index (χ0v) is 18.1. The quantitative estimate of drug-likeness (QED) is 0.672. The number of ether oxygens (including phenoxy) is 1. The molecule has 7 nitrogen and oxygen atoms in total. The first kappa shape index (κ1) is 19.9. The number of fused-ring (bicyclic) bond motifs is 2. The number of hydrogen-bond acceptors (Lipinski definition) is 6. The van der Waals surface area contributed by atoms with Gasteiger partial charge in [-0.25, -0.2) is 9.97 Å². The van der Waals surface area contributed by atoms with Crippen molar-refractivity contribution in [1.29, 1.82) is 0 Å². The first-order valence-electron chi connectivity index (χ1n) is 10.4. The summed E-state index contributed by atoms with van der Waals surface area (Å²) in [4.78, 5) is 36.6. The van der Waals surface area contributed by atoms with Crippen molar-refractivity contribution in [2.45, 2.75) is 55.8 Å². The molecular formula is C21H23ClN4O3S. The second kappa shape index (κ2) is 8.23. The van der Waals surface area contributed by atoms with E-state index in [9.17, 15) is 9.59 Å². The van der Waals surface area contributed by atoms with Crippen LogP contribution < -0.4 is 10.3 Å². The van der Waals surface area contributed by atoms with Crippen LogP contribution in [-0.4, -0.2) is 50.3 Å². The van der Waals surface area contributed by atoms with Crippen molar-refractivity contribution >= 4 is 29.3 Å². The molecule has 5 rings (SSSR count). The van der Waals surface area contributed by atoms with Crippen LogP contribution in [0, 0.1) is 0 Å². The highest BCUT2D eigenvalue weighted by Crippen LogP contribution is 2.34. The highest BCUT2D eigenvalue weighted by Gasteiger charge is 2.33. The van der Waals surface area contributed by atoms with Crippen molar-refractivity contribution < 1.29 is 9.53 Å². The lowest BCUT2D eigenvalue weighted by molar-refractivity contribution is -0.133. The minimum Gasteiger partial charge on any atom is -0.473 e. The number of nitrogens with zero attached hydrogens (tertiary/aromatic N) is 4. The summed E-state index contributed by atoms with van der Waals surface area (Å²) >= 11 is 7.71. The minimum absolute atomic E-state index is 0.00128. The first-order chi connectivity index (χ1) is 14.6. The molecule has 1 atom stereocenters. The fourth-order valence-corrected chi connectivity index (χ4v) is 5.79. The standard InChI is InChI=1S/C21H23ClN4O3S/c22-16-4-2-8-23-19(16)29-14-6-9-25(10-7-14)18(27)11-13-12-30-21-24-17-5-1-3-15(17)20(28)26(13)21/h2,4,8,13-14H,1,3,5-7,9-12H2/t13-/m0/s1. The number of hydrogen-bond donors (Lipinski definition) is 0. The van der Waals surface area contributed by atoms with Gasteiger partial charge in [0.1, 0.15) is 11.1 Å². The zero-order chi connectivity index (χ0) is 20.7. The zero-order valence-electron chi connectivity index (χ0n) is 16.6. The number of amides is 1. The van der Waals surface area contributed by atoms with Crippen LogP contribution in [0.25, 0.3) is 0 Å². The number of likely N-dealkylation sites (tertiary alicyclic amines) is 1. The number of carbonyl (C=O) groups excluding carboxylic acids is 1. The average Bonchev–Trinajstić information content (AvgIpc) is 3.38. The lowest BCUT2D eigenvalue weighted by atomic mass is 10.1. The monoisotopic (exact) mass is 446 g/mol. The molecule has 2 aromatic rings. The number of pyridine rings is 1. The lowest BCUT2D eigenvalue weighted by Gasteiger charge is -2.32. The molecule has 0 bridgehead atoms. The Morgan fingerprint density at radius 1 is 1.30 bits per heavy atom. The third kappa shape index (κ3) is 3.71. The van der Waals surface area contributed by atoms with E-state index >= 15 is 0 Å². The Hall–Kier alpha value is -2.06. The smallest absolute Gasteiger partial charge is 0.257 e. The van der Waals surface area contributed by atoms with E-state index in [0.29, 0.717) is 30.4 Å². The summed E-state index contributed by atoms with van der Waals surface area (Å²) < 4.78 is 7.68. The number of halogens is 1. The highest BCUT2D eigenvalue weighted by molar-refractivity contribution is 7.99. The van der Waals surface area contributed by atoms with E-state index in [1.165, 1.54) is 0 Å². The van der Waals surface area contributed by atoms with Crippen LogP contribution in [0.5, 0.6) is 5.88 Å². The Kier molecular flexibility index (Phi) is 5.45. The molecule has 158 valence electrons. The second-order valence-electron chi connectivity index (χ2n) is 8.01. The van der Waals surface area contributed by atoms with E-state index in [1.807, 2.05) is 4.90 Å². The third-order valence-electron chi connectivity index (χ3n) is 6.08. The Balaban J connectivity index is 1.20. The van der Waals surface area contributed by atoms with Crippen molar-refractivity contribution in [2.24, 2.45) is 0 Å². The van der Waals surface area contributed by atoms with Gasteiger partial charge in [0.05, 0.1) is 11.7 Å². The van der Waals surface area contributed by atoms with E-state index in [1.54, 1.807) is 34.7 Å². The van der Waals surface area contributed by atoms with E-state index in [0.717, 1.165) is 54.3 Å². The number of piperidine rings is 1. The lowest BCUT2D eigenvalue weighted by Crippen LogP contribution is -2.43. The molecule has 0 unspecified atom stereocenters. The molecule has 1 saturated heterocycles. The Morgan fingerprint density at radius 3 is 2.93 bits per heavy atom. The summed E-state index contributed by atoms with van der Waals surface area (Å²) in [7, 11) is 0. The molecule has 2 aromatic heterocycles. The van der Waals surface area contributed by atoms with Gasteiger partial charge in [-0.2, -0.15) is 0 Å². The third-order valence-corrected chi connectivity index (χ3v) is 7.47. The van der Waals surface area contributed by atoms with Crippen LogP contribution >= 0.6 is 23.4 Å². The van der Waals surface area contributed by atoms with Gasteiger partial charge in [0, 0.05) is 49.9 Å². The van der Waals surface area contributed by atoms with E-state index in [4.69, 9.17) is 16.3 Å². The van der Waals surface area contributed by atoms with Gasteiger partial charge < -0.3 is 9.64 Å². The van der Waals surface area contributed by atoms with Gasteiger partial charge in [0.15, 0.2) is 5.16 Å². The number of rotatable bonds is 4. The van der Waals surface area contributed by atoms with Gasteiger partial charge in [-0.05, 0) is 31.4 Å². The Labute approximate surface area is 183 Å². The second-order valence-corrected chi connectivity index (χ2v) is 9.40. The normalized spacial score (nSPS) is 20.8. The van der Waals surface area contributed by atoms with Gasteiger partial charge in [0.25, 0.3) is 5.56 Å². The number of thioether (sulfide) groups is 1. The van der Waals surface area contributed by atoms with Crippen molar-refractivity contribution in [3.63, 3.8) is 0 Å². The molecule has 9 heteroatoms. The molecule has 2 aliphatic heterocycles. The Morgan fingerprint density at radius 2 is 2.13 bits per heavy atom. The largest absolute Gasteiger partial charge is 0.473 e. The maximum Gasteiger partial charge on any atom is 0.257 e. The summed E-state index contributed by atoms with van der Waals surface area (Å²) in [5.41, 5.74) is 1.88.